The van der Waals surface area contributed by atoms with Crippen molar-refractivity contribution in [1.29, 1.82) is 0 Å². The van der Waals surface area contributed by atoms with Gasteiger partial charge in [0.05, 0.1) is 0 Å². The second kappa shape index (κ2) is 7.70. The Balaban J connectivity index is 0.00000162. The van der Waals surface area contributed by atoms with E-state index in [-0.39, 0.29) is 12.4 Å². The first-order chi connectivity index (χ1) is 8.25. The molecule has 0 amide bonds. The third-order valence-electron chi connectivity index (χ3n) is 3.37. The highest BCUT2D eigenvalue weighted by Gasteiger charge is 2.09. The summed E-state index contributed by atoms with van der Waals surface area (Å²) in [7, 11) is 0. The molecule has 0 radical (unpaired) electrons. The number of rotatable bonds is 4. The van der Waals surface area contributed by atoms with Crippen molar-refractivity contribution in [3.8, 4) is 0 Å². The molecule has 1 aromatic carbocycles. The van der Waals surface area contributed by atoms with E-state index in [0.29, 0.717) is 0 Å². The van der Waals surface area contributed by atoms with Gasteiger partial charge in [-0.25, -0.2) is 8.78 Å². The average Bonchev–Trinajstić information content (AvgIpc) is 2.35. The molecule has 1 heterocycles. The Morgan fingerprint density at radius 3 is 2.39 bits per heavy atom. The van der Waals surface area contributed by atoms with Gasteiger partial charge >= 0.3 is 0 Å². The molecule has 0 saturated carbocycles. The highest BCUT2D eigenvalue weighted by molar-refractivity contribution is 5.85. The standard InChI is InChI=1S/C14H19F2N.ClH/c15-13-7-6-12(11-14(13)16)5-4-10-17-8-2-1-3-9-17;/h6-7,11H,1-5,8-10H2;1H. The normalized spacial score (nSPS) is 16.3. The number of nitrogens with zero attached hydrogens (tertiary/aromatic N) is 1. The molecule has 0 atom stereocenters. The largest absolute Gasteiger partial charge is 0.303 e. The van der Waals surface area contributed by atoms with Crippen molar-refractivity contribution in [2.75, 3.05) is 19.6 Å². The van der Waals surface area contributed by atoms with Gasteiger partial charge in [-0.3, -0.25) is 0 Å². The van der Waals surface area contributed by atoms with Gasteiger partial charge in [-0.1, -0.05) is 12.5 Å². The fraction of sp³-hybridized carbons (Fsp3) is 0.571. The van der Waals surface area contributed by atoms with E-state index in [1.54, 1.807) is 6.07 Å². The minimum atomic E-state index is -0.759. The van der Waals surface area contributed by atoms with Crippen LogP contribution >= 0.6 is 12.4 Å². The summed E-state index contributed by atoms with van der Waals surface area (Å²) < 4.78 is 25.7. The smallest absolute Gasteiger partial charge is 0.159 e. The van der Waals surface area contributed by atoms with Gasteiger partial charge < -0.3 is 4.90 Å². The number of hydrogen-bond acceptors (Lipinski definition) is 1. The first kappa shape index (κ1) is 15.4. The zero-order chi connectivity index (χ0) is 12.1. The molecule has 18 heavy (non-hydrogen) atoms. The Kier molecular flexibility index (Phi) is 6.58. The third-order valence-corrected chi connectivity index (χ3v) is 3.37. The first-order valence-electron chi connectivity index (χ1n) is 6.42. The van der Waals surface area contributed by atoms with Gasteiger partial charge in [0.1, 0.15) is 0 Å². The van der Waals surface area contributed by atoms with Gasteiger partial charge in [0, 0.05) is 0 Å². The van der Waals surface area contributed by atoms with Gasteiger partial charge in [0.15, 0.2) is 11.6 Å². The highest BCUT2D eigenvalue weighted by Crippen LogP contribution is 2.12. The van der Waals surface area contributed by atoms with E-state index < -0.39 is 11.6 Å². The lowest BCUT2D eigenvalue weighted by molar-refractivity contribution is 0.226. The molecule has 4 heteroatoms. The van der Waals surface area contributed by atoms with Crippen LogP contribution in [0.4, 0.5) is 8.78 Å². The Bertz CT molecular complexity index is 365. The van der Waals surface area contributed by atoms with Crippen molar-refractivity contribution in [1.82, 2.24) is 4.90 Å². The maximum Gasteiger partial charge on any atom is 0.159 e. The Morgan fingerprint density at radius 2 is 1.72 bits per heavy atom. The van der Waals surface area contributed by atoms with Crippen molar-refractivity contribution >= 4 is 12.4 Å². The summed E-state index contributed by atoms with van der Waals surface area (Å²) in [5.74, 6) is -1.50. The lowest BCUT2D eigenvalue weighted by Crippen LogP contribution is -2.30. The summed E-state index contributed by atoms with van der Waals surface area (Å²) in [6.07, 6.45) is 5.79. The van der Waals surface area contributed by atoms with E-state index >= 15 is 0 Å². The summed E-state index contributed by atoms with van der Waals surface area (Å²) in [6, 6.07) is 4.20. The second-order valence-electron chi connectivity index (χ2n) is 4.75. The van der Waals surface area contributed by atoms with Gasteiger partial charge in [0.2, 0.25) is 0 Å². The van der Waals surface area contributed by atoms with Crippen LogP contribution in [0, 0.1) is 11.6 Å². The second-order valence-corrected chi connectivity index (χ2v) is 4.75. The summed E-state index contributed by atoms with van der Waals surface area (Å²) >= 11 is 0. The predicted octanol–water partition coefficient (Wildman–Crippen LogP) is 3.81. The van der Waals surface area contributed by atoms with Crippen LogP contribution < -0.4 is 0 Å². The molecule has 1 fully saturated rings. The molecule has 0 spiro atoms. The zero-order valence-electron chi connectivity index (χ0n) is 10.5. The van der Waals surface area contributed by atoms with Crippen LogP contribution in [0.15, 0.2) is 18.2 Å². The van der Waals surface area contributed by atoms with E-state index in [1.807, 2.05) is 0 Å². The van der Waals surface area contributed by atoms with Gasteiger partial charge in [-0.15, -0.1) is 12.4 Å². The maximum atomic E-state index is 13.0. The molecule has 2 rings (SSSR count). The molecule has 102 valence electrons. The molecule has 0 bridgehead atoms. The Morgan fingerprint density at radius 1 is 1.00 bits per heavy atom. The minimum Gasteiger partial charge on any atom is -0.303 e. The predicted molar refractivity (Wildman–Crippen MR) is 72.2 cm³/mol. The Labute approximate surface area is 114 Å². The lowest BCUT2D eigenvalue weighted by atomic mass is 10.1. The van der Waals surface area contributed by atoms with Crippen molar-refractivity contribution in [3.05, 3.63) is 35.4 Å². The summed E-state index contributed by atoms with van der Waals surface area (Å²) in [5, 5.41) is 0. The molecule has 0 N–H and O–H groups in total. The molecule has 0 aliphatic carbocycles. The van der Waals surface area contributed by atoms with Gasteiger partial charge in [-0.05, 0) is 63.0 Å². The average molecular weight is 276 g/mol. The van der Waals surface area contributed by atoms with Crippen LogP contribution in [0.2, 0.25) is 0 Å². The molecule has 1 aliphatic rings. The van der Waals surface area contributed by atoms with Crippen molar-refractivity contribution in [2.45, 2.75) is 32.1 Å². The first-order valence-corrected chi connectivity index (χ1v) is 6.42. The zero-order valence-corrected chi connectivity index (χ0v) is 11.3. The quantitative estimate of drug-likeness (QED) is 0.808. The molecular formula is C14H20ClF2N. The maximum absolute atomic E-state index is 13.0. The van der Waals surface area contributed by atoms with Crippen molar-refractivity contribution in [2.24, 2.45) is 0 Å². The van der Waals surface area contributed by atoms with Gasteiger partial charge in [-0.2, -0.15) is 0 Å². The number of halogens is 3. The SMILES string of the molecule is Cl.Fc1ccc(CCCN2CCCCC2)cc1F. The number of likely N-dealkylation sites (tertiary alicyclic amines) is 1. The van der Waals surface area contributed by atoms with Crippen molar-refractivity contribution in [3.63, 3.8) is 0 Å². The fourth-order valence-corrected chi connectivity index (χ4v) is 2.38. The van der Waals surface area contributed by atoms with Gasteiger partial charge in [0.25, 0.3) is 0 Å². The number of hydrogen-bond donors (Lipinski definition) is 0. The number of piperidine rings is 1. The minimum absolute atomic E-state index is 0. The molecule has 0 unspecified atom stereocenters. The third kappa shape index (κ3) is 4.54. The van der Waals surface area contributed by atoms with E-state index in [1.165, 1.54) is 44.5 Å². The number of benzene rings is 1. The van der Waals surface area contributed by atoms with Crippen LogP contribution in [0.3, 0.4) is 0 Å². The van der Waals surface area contributed by atoms with E-state index in [4.69, 9.17) is 0 Å². The van der Waals surface area contributed by atoms with Crippen molar-refractivity contribution < 1.29 is 8.78 Å². The molecule has 1 aliphatic heterocycles. The van der Waals surface area contributed by atoms with E-state index in [0.717, 1.165) is 24.9 Å². The Hall–Kier alpha value is -0.670. The van der Waals surface area contributed by atoms with E-state index in [2.05, 4.69) is 4.90 Å². The molecule has 1 saturated heterocycles. The molecule has 0 aromatic heterocycles. The summed E-state index contributed by atoms with van der Waals surface area (Å²) in [6.45, 7) is 3.45. The van der Waals surface area contributed by atoms with E-state index in [9.17, 15) is 8.78 Å². The van der Waals surface area contributed by atoms with Crippen LogP contribution in [-0.4, -0.2) is 24.5 Å². The van der Waals surface area contributed by atoms with Crippen LogP contribution in [0.25, 0.3) is 0 Å². The fourth-order valence-electron chi connectivity index (χ4n) is 2.38. The number of aryl methyl sites for hydroxylation is 1. The monoisotopic (exact) mass is 275 g/mol. The molecule has 1 nitrogen and oxygen atoms in total. The summed E-state index contributed by atoms with van der Waals surface area (Å²) in [4.78, 5) is 2.46. The lowest BCUT2D eigenvalue weighted by Gasteiger charge is -2.26. The van der Waals surface area contributed by atoms with Crippen LogP contribution in [0.5, 0.6) is 0 Å². The highest BCUT2D eigenvalue weighted by atomic mass is 35.5. The molecule has 1 aromatic rings. The van der Waals surface area contributed by atoms with Crippen LogP contribution in [0.1, 0.15) is 31.2 Å². The van der Waals surface area contributed by atoms with Crippen LogP contribution in [-0.2, 0) is 6.42 Å². The molecular weight excluding hydrogens is 256 g/mol. The summed E-state index contributed by atoms with van der Waals surface area (Å²) in [5.41, 5.74) is 0.890. The topological polar surface area (TPSA) is 3.24 Å².